The van der Waals surface area contributed by atoms with Gasteiger partial charge in [0, 0.05) is 13.1 Å². The zero-order chi connectivity index (χ0) is 13.1. The van der Waals surface area contributed by atoms with Gasteiger partial charge in [0.1, 0.15) is 0 Å². The topological polar surface area (TPSA) is 51.1 Å². The minimum atomic E-state index is 0.0214. The van der Waals surface area contributed by atoms with E-state index in [0.717, 1.165) is 0 Å². The smallest absolute Gasteiger partial charge is 0.322 e. The van der Waals surface area contributed by atoms with Crippen LogP contribution < -0.4 is 9.64 Å². The fourth-order valence-corrected chi connectivity index (χ4v) is 2.35. The SMILES string of the molecule is CC(C)Oc1nc(Cl)nc(N(C)C2CCCC2)n1. The van der Waals surface area contributed by atoms with Crippen LogP contribution in [0, 0.1) is 0 Å². The highest BCUT2D eigenvalue weighted by atomic mass is 35.5. The Labute approximate surface area is 113 Å². The van der Waals surface area contributed by atoms with Crippen molar-refractivity contribution in [1.82, 2.24) is 15.0 Å². The summed E-state index contributed by atoms with van der Waals surface area (Å²) >= 11 is 5.92. The number of anilines is 1. The van der Waals surface area contributed by atoms with Crippen LogP contribution in [0.15, 0.2) is 0 Å². The van der Waals surface area contributed by atoms with Crippen LogP contribution in [0.2, 0.25) is 5.28 Å². The van der Waals surface area contributed by atoms with Gasteiger partial charge < -0.3 is 9.64 Å². The predicted molar refractivity (Wildman–Crippen MR) is 71.3 cm³/mol. The molecule has 1 aliphatic carbocycles. The van der Waals surface area contributed by atoms with Gasteiger partial charge in [-0.25, -0.2) is 0 Å². The molecule has 18 heavy (non-hydrogen) atoms. The van der Waals surface area contributed by atoms with Gasteiger partial charge in [-0.3, -0.25) is 0 Å². The van der Waals surface area contributed by atoms with E-state index in [2.05, 4.69) is 19.9 Å². The second-order valence-corrected chi connectivity index (χ2v) is 5.24. The van der Waals surface area contributed by atoms with E-state index in [1.807, 2.05) is 20.9 Å². The van der Waals surface area contributed by atoms with Gasteiger partial charge in [-0.15, -0.1) is 0 Å². The molecule has 0 atom stereocenters. The average molecular weight is 271 g/mol. The molecule has 0 spiro atoms. The van der Waals surface area contributed by atoms with E-state index in [4.69, 9.17) is 16.3 Å². The lowest BCUT2D eigenvalue weighted by Crippen LogP contribution is -2.30. The molecule has 2 rings (SSSR count). The van der Waals surface area contributed by atoms with Crippen molar-refractivity contribution in [3.05, 3.63) is 5.28 Å². The number of hydrogen-bond donors (Lipinski definition) is 0. The maximum atomic E-state index is 5.92. The molecule has 6 heteroatoms. The molecule has 1 aliphatic rings. The van der Waals surface area contributed by atoms with Crippen molar-refractivity contribution in [2.75, 3.05) is 11.9 Å². The van der Waals surface area contributed by atoms with Crippen molar-refractivity contribution in [3.8, 4) is 6.01 Å². The summed E-state index contributed by atoms with van der Waals surface area (Å²) in [7, 11) is 2.00. The minimum absolute atomic E-state index is 0.0214. The lowest BCUT2D eigenvalue weighted by Gasteiger charge is -2.24. The molecule has 5 nitrogen and oxygen atoms in total. The number of ether oxygens (including phenoxy) is 1. The van der Waals surface area contributed by atoms with E-state index < -0.39 is 0 Å². The summed E-state index contributed by atoms with van der Waals surface area (Å²) in [6.45, 7) is 3.86. The largest absolute Gasteiger partial charge is 0.461 e. The van der Waals surface area contributed by atoms with E-state index in [1.54, 1.807) is 0 Å². The zero-order valence-corrected chi connectivity index (χ0v) is 11.8. The lowest BCUT2D eigenvalue weighted by molar-refractivity contribution is 0.221. The summed E-state index contributed by atoms with van der Waals surface area (Å²) in [6, 6.07) is 0.792. The average Bonchev–Trinajstić information content (AvgIpc) is 2.79. The minimum Gasteiger partial charge on any atom is -0.461 e. The van der Waals surface area contributed by atoms with E-state index in [1.165, 1.54) is 25.7 Å². The van der Waals surface area contributed by atoms with Crippen LogP contribution in [-0.2, 0) is 0 Å². The van der Waals surface area contributed by atoms with Gasteiger partial charge in [0.05, 0.1) is 6.10 Å². The fraction of sp³-hybridized carbons (Fsp3) is 0.750. The molecule has 0 radical (unpaired) electrons. The van der Waals surface area contributed by atoms with E-state index >= 15 is 0 Å². The van der Waals surface area contributed by atoms with Crippen LogP contribution >= 0.6 is 11.6 Å². The Balaban J connectivity index is 2.18. The summed E-state index contributed by atoms with van der Waals surface area (Å²) in [5, 5.41) is 0.181. The first-order valence-electron chi connectivity index (χ1n) is 6.37. The van der Waals surface area contributed by atoms with Gasteiger partial charge in [-0.05, 0) is 38.3 Å². The summed E-state index contributed by atoms with van der Waals surface area (Å²) in [5.41, 5.74) is 0. The molecule has 1 aromatic heterocycles. The number of halogens is 1. The Morgan fingerprint density at radius 2 is 1.89 bits per heavy atom. The molecule has 0 bridgehead atoms. The Hall–Kier alpha value is -1.10. The van der Waals surface area contributed by atoms with Crippen LogP contribution in [-0.4, -0.2) is 34.1 Å². The summed E-state index contributed by atoms with van der Waals surface area (Å²) in [5.74, 6) is 0.595. The van der Waals surface area contributed by atoms with E-state index in [9.17, 15) is 0 Å². The molecule has 0 aromatic carbocycles. The predicted octanol–water partition coefficient (Wildman–Crippen LogP) is 2.69. The standard InChI is InChI=1S/C12H19ClN4O/c1-8(2)18-12-15-10(13)14-11(16-12)17(3)9-6-4-5-7-9/h8-9H,4-7H2,1-3H3. The van der Waals surface area contributed by atoms with Gasteiger partial charge in [0.25, 0.3) is 0 Å². The number of nitrogens with zero attached hydrogens (tertiary/aromatic N) is 4. The molecular formula is C12H19ClN4O. The van der Waals surface area contributed by atoms with Gasteiger partial charge in [0.15, 0.2) is 0 Å². The monoisotopic (exact) mass is 270 g/mol. The fourth-order valence-electron chi connectivity index (χ4n) is 2.20. The molecule has 1 heterocycles. The van der Waals surface area contributed by atoms with Crippen LogP contribution in [0.3, 0.4) is 0 Å². The molecule has 0 saturated heterocycles. The number of rotatable bonds is 4. The van der Waals surface area contributed by atoms with E-state index in [0.29, 0.717) is 18.0 Å². The van der Waals surface area contributed by atoms with Gasteiger partial charge in [-0.2, -0.15) is 15.0 Å². The van der Waals surface area contributed by atoms with Gasteiger partial charge in [0.2, 0.25) is 11.2 Å². The van der Waals surface area contributed by atoms with Crippen molar-refractivity contribution in [2.24, 2.45) is 0 Å². The van der Waals surface area contributed by atoms with Crippen molar-refractivity contribution in [2.45, 2.75) is 51.7 Å². The molecule has 100 valence electrons. The first-order chi connectivity index (χ1) is 8.56. The first kappa shape index (κ1) is 13.3. The summed E-state index contributed by atoms with van der Waals surface area (Å²) in [4.78, 5) is 14.5. The quantitative estimate of drug-likeness (QED) is 0.842. The Kier molecular flexibility index (Phi) is 4.22. The van der Waals surface area contributed by atoms with E-state index in [-0.39, 0.29) is 11.4 Å². The summed E-state index contributed by atoms with van der Waals surface area (Å²) in [6.07, 6.45) is 4.92. The second-order valence-electron chi connectivity index (χ2n) is 4.90. The van der Waals surface area contributed by atoms with Crippen molar-refractivity contribution in [1.29, 1.82) is 0 Å². The normalized spacial score (nSPS) is 16.3. The van der Waals surface area contributed by atoms with Crippen molar-refractivity contribution in [3.63, 3.8) is 0 Å². The molecule has 0 aliphatic heterocycles. The second kappa shape index (κ2) is 5.69. The van der Waals surface area contributed by atoms with Crippen LogP contribution in [0.5, 0.6) is 6.01 Å². The molecule has 1 aromatic rings. The number of aromatic nitrogens is 3. The highest BCUT2D eigenvalue weighted by Gasteiger charge is 2.22. The zero-order valence-electron chi connectivity index (χ0n) is 11.1. The molecule has 1 fully saturated rings. The first-order valence-corrected chi connectivity index (χ1v) is 6.75. The highest BCUT2D eigenvalue weighted by molar-refractivity contribution is 6.28. The van der Waals surface area contributed by atoms with Crippen molar-refractivity contribution < 1.29 is 4.74 Å². The molecule has 0 N–H and O–H groups in total. The molecule has 0 unspecified atom stereocenters. The highest BCUT2D eigenvalue weighted by Crippen LogP contribution is 2.26. The van der Waals surface area contributed by atoms with Crippen LogP contribution in [0.1, 0.15) is 39.5 Å². The molecular weight excluding hydrogens is 252 g/mol. The third-order valence-electron chi connectivity index (χ3n) is 3.10. The maximum absolute atomic E-state index is 5.92. The third kappa shape index (κ3) is 3.22. The number of hydrogen-bond acceptors (Lipinski definition) is 5. The van der Waals surface area contributed by atoms with Crippen molar-refractivity contribution >= 4 is 17.5 Å². The molecule has 1 saturated carbocycles. The summed E-state index contributed by atoms with van der Waals surface area (Å²) < 4.78 is 5.48. The van der Waals surface area contributed by atoms with Gasteiger partial charge in [-0.1, -0.05) is 12.8 Å². The Bertz CT molecular complexity index is 407. The van der Waals surface area contributed by atoms with Crippen LogP contribution in [0.25, 0.3) is 0 Å². The lowest BCUT2D eigenvalue weighted by atomic mass is 10.2. The van der Waals surface area contributed by atoms with Crippen LogP contribution in [0.4, 0.5) is 5.95 Å². The maximum Gasteiger partial charge on any atom is 0.322 e. The third-order valence-corrected chi connectivity index (χ3v) is 3.27. The molecule has 0 amide bonds. The van der Waals surface area contributed by atoms with Gasteiger partial charge >= 0.3 is 6.01 Å². The Morgan fingerprint density at radius 1 is 1.22 bits per heavy atom. The Morgan fingerprint density at radius 3 is 2.50 bits per heavy atom.